The molecule has 1 aromatic heterocycles. The normalized spacial score (nSPS) is 16.4. The predicted octanol–water partition coefficient (Wildman–Crippen LogP) is 1.94. The van der Waals surface area contributed by atoms with Crippen LogP contribution in [0.1, 0.15) is 23.3 Å². The van der Waals surface area contributed by atoms with Crippen molar-refractivity contribution in [3.05, 3.63) is 27.9 Å². The van der Waals surface area contributed by atoms with Gasteiger partial charge in [0.25, 0.3) is 5.91 Å². The maximum absolute atomic E-state index is 12.2. The molecule has 0 aromatic carbocycles. The first-order valence-electron chi connectivity index (χ1n) is 6.42. The van der Waals surface area contributed by atoms with Gasteiger partial charge in [0, 0.05) is 24.5 Å². The van der Waals surface area contributed by atoms with E-state index in [2.05, 4.69) is 20.9 Å². The van der Waals surface area contributed by atoms with Crippen LogP contribution in [0.25, 0.3) is 0 Å². The summed E-state index contributed by atoms with van der Waals surface area (Å²) < 4.78 is 5.62. The molecule has 0 unspecified atom stereocenters. The van der Waals surface area contributed by atoms with E-state index in [0.717, 1.165) is 18.2 Å². The van der Waals surface area contributed by atoms with Crippen molar-refractivity contribution in [1.29, 1.82) is 0 Å². The van der Waals surface area contributed by atoms with Gasteiger partial charge in [0.1, 0.15) is 0 Å². The first kappa shape index (κ1) is 15.0. The molecule has 2 rings (SSSR count). The van der Waals surface area contributed by atoms with Gasteiger partial charge in [0.05, 0.1) is 12.7 Å². The molecule has 110 valence electrons. The maximum atomic E-state index is 12.2. The second-order valence-corrected chi connectivity index (χ2v) is 5.36. The summed E-state index contributed by atoms with van der Waals surface area (Å²) in [6.45, 7) is 1.89. The largest absolute Gasteiger partial charge is 0.377 e. The number of hydrogen-bond acceptors (Lipinski definition) is 4. The van der Waals surface area contributed by atoms with Gasteiger partial charge in [-0.1, -0.05) is 15.9 Å². The van der Waals surface area contributed by atoms with Crippen molar-refractivity contribution >= 4 is 27.7 Å². The first-order chi connectivity index (χ1) is 9.61. The Labute approximate surface area is 124 Å². The van der Waals surface area contributed by atoms with Crippen LogP contribution in [0.5, 0.6) is 0 Å². The van der Waals surface area contributed by atoms with Crippen molar-refractivity contribution in [3.8, 4) is 0 Å². The maximum Gasteiger partial charge on any atom is 0.321 e. The molecule has 1 aliphatic heterocycles. The van der Waals surface area contributed by atoms with Crippen molar-refractivity contribution in [2.75, 3.05) is 25.0 Å². The molecule has 7 nitrogen and oxygen atoms in total. The Morgan fingerprint density at radius 1 is 1.50 bits per heavy atom. The van der Waals surface area contributed by atoms with Crippen LogP contribution < -0.4 is 0 Å². The van der Waals surface area contributed by atoms with Crippen LogP contribution in [0.4, 0.5) is 5.82 Å². The number of carbonyl (C=O) groups excluding carboxylic acids is 1. The second-order valence-electron chi connectivity index (χ2n) is 4.57. The summed E-state index contributed by atoms with van der Waals surface area (Å²) in [6, 6.07) is 2.76. The van der Waals surface area contributed by atoms with Gasteiger partial charge in [-0.05, 0) is 23.8 Å². The molecule has 0 radical (unpaired) electrons. The third-order valence-electron chi connectivity index (χ3n) is 3.26. The average Bonchev–Trinajstić information content (AvgIpc) is 2.95. The lowest BCUT2D eigenvalue weighted by molar-refractivity contribution is -0.389. The molecule has 0 saturated carbocycles. The minimum atomic E-state index is -0.545. The van der Waals surface area contributed by atoms with E-state index >= 15 is 0 Å². The van der Waals surface area contributed by atoms with Gasteiger partial charge in [0.15, 0.2) is 5.69 Å². The molecule has 1 amide bonds. The number of carbonyl (C=O) groups is 1. The van der Waals surface area contributed by atoms with E-state index in [1.54, 1.807) is 4.90 Å². The van der Waals surface area contributed by atoms with Gasteiger partial charge in [-0.3, -0.25) is 4.79 Å². The number of nitrogens with one attached hydrogen (secondary N) is 1. The fourth-order valence-electron chi connectivity index (χ4n) is 2.22. The van der Waals surface area contributed by atoms with E-state index in [1.807, 2.05) is 0 Å². The molecule has 1 aliphatic rings. The van der Waals surface area contributed by atoms with Crippen molar-refractivity contribution in [2.45, 2.75) is 18.9 Å². The Bertz CT molecular complexity index is 483. The third kappa shape index (κ3) is 3.57. The summed E-state index contributed by atoms with van der Waals surface area (Å²) in [5.41, 5.74) is 0.261. The molecule has 8 heteroatoms. The molecule has 0 bridgehead atoms. The van der Waals surface area contributed by atoms with Crippen LogP contribution in [0.2, 0.25) is 0 Å². The van der Waals surface area contributed by atoms with E-state index in [1.165, 1.54) is 12.1 Å². The summed E-state index contributed by atoms with van der Waals surface area (Å²) in [6.07, 6.45) is 1.78. The first-order valence-corrected chi connectivity index (χ1v) is 7.54. The van der Waals surface area contributed by atoms with Crippen LogP contribution in [0.3, 0.4) is 0 Å². The Balaban J connectivity index is 1.89. The van der Waals surface area contributed by atoms with Gasteiger partial charge >= 0.3 is 5.82 Å². The van der Waals surface area contributed by atoms with Crippen LogP contribution in [-0.4, -0.2) is 51.8 Å². The number of rotatable bonds is 5. The number of ether oxygens (including phenoxy) is 1. The Kier molecular flexibility index (Phi) is 5.13. The second kappa shape index (κ2) is 6.85. The number of likely N-dealkylation sites (tertiary alicyclic amines) is 1. The monoisotopic (exact) mass is 345 g/mol. The number of piperidine rings is 1. The number of alkyl halides is 1. The smallest absolute Gasteiger partial charge is 0.321 e. The van der Waals surface area contributed by atoms with Crippen LogP contribution in [0.15, 0.2) is 12.1 Å². The van der Waals surface area contributed by atoms with Crippen LogP contribution in [-0.2, 0) is 4.74 Å². The summed E-state index contributed by atoms with van der Waals surface area (Å²) >= 11 is 3.31. The summed E-state index contributed by atoms with van der Waals surface area (Å²) in [5, 5.41) is 11.4. The van der Waals surface area contributed by atoms with Gasteiger partial charge in [-0.2, -0.15) is 0 Å². The Morgan fingerprint density at radius 3 is 2.75 bits per heavy atom. The quantitative estimate of drug-likeness (QED) is 0.501. The van der Waals surface area contributed by atoms with E-state index < -0.39 is 4.92 Å². The fourth-order valence-corrected chi connectivity index (χ4v) is 2.41. The number of nitro groups is 1. The highest BCUT2D eigenvalue weighted by Gasteiger charge is 2.26. The minimum absolute atomic E-state index is 0.163. The van der Waals surface area contributed by atoms with Crippen molar-refractivity contribution in [1.82, 2.24) is 9.88 Å². The number of aromatic amines is 1. The molecule has 0 spiro atoms. The standard InChI is InChI=1S/C12H16BrN3O4/c13-5-8-20-9-3-6-15(7-4-9)12(17)10-1-2-11(14-10)16(18)19/h1-2,9,14H,3-8H2. The molecule has 20 heavy (non-hydrogen) atoms. The number of aromatic nitrogens is 1. The average molecular weight is 346 g/mol. The van der Waals surface area contributed by atoms with E-state index in [-0.39, 0.29) is 23.5 Å². The number of amides is 1. The predicted molar refractivity (Wildman–Crippen MR) is 76.1 cm³/mol. The number of nitrogens with zero attached hydrogens (tertiary/aromatic N) is 2. The van der Waals surface area contributed by atoms with Crippen molar-refractivity contribution in [3.63, 3.8) is 0 Å². The zero-order chi connectivity index (χ0) is 14.5. The minimum Gasteiger partial charge on any atom is -0.377 e. The molecule has 1 N–H and O–H groups in total. The zero-order valence-electron chi connectivity index (χ0n) is 10.9. The lowest BCUT2D eigenvalue weighted by Gasteiger charge is -2.31. The lowest BCUT2D eigenvalue weighted by Crippen LogP contribution is -2.41. The van der Waals surface area contributed by atoms with Crippen LogP contribution >= 0.6 is 15.9 Å². The Morgan fingerprint density at radius 2 is 2.20 bits per heavy atom. The highest BCUT2D eigenvalue weighted by atomic mass is 79.9. The number of halogens is 1. The number of H-pyrrole nitrogens is 1. The molecule has 1 saturated heterocycles. The van der Waals surface area contributed by atoms with Crippen molar-refractivity contribution in [2.24, 2.45) is 0 Å². The van der Waals surface area contributed by atoms with E-state index in [0.29, 0.717) is 19.7 Å². The summed E-state index contributed by atoms with van der Waals surface area (Å²) in [4.78, 5) is 26.4. The molecular weight excluding hydrogens is 330 g/mol. The van der Waals surface area contributed by atoms with E-state index in [9.17, 15) is 14.9 Å². The molecule has 1 aromatic rings. The molecule has 1 fully saturated rings. The summed E-state index contributed by atoms with van der Waals surface area (Å²) in [7, 11) is 0. The Hall–Kier alpha value is -1.41. The molecule has 0 aliphatic carbocycles. The lowest BCUT2D eigenvalue weighted by atomic mass is 10.1. The SMILES string of the molecule is O=C(c1ccc([N+](=O)[O-])[nH]1)N1CCC(OCCBr)CC1. The topological polar surface area (TPSA) is 88.5 Å². The summed E-state index contributed by atoms with van der Waals surface area (Å²) in [5.74, 6) is -0.360. The van der Waals surface area contributed by atoms with Crippen LogP contribution in [0, 0.1) is 10.1 Å². The van der Waals surface area contributed by atoms with Gasteiger partial charge in [-0.25, -0.2) is 4.98 Å². The highest BCUT2D eigenvalue weighted by Crippen LogP contribution is 2.17. The highest BCUT2D eigenvalue weighted by molar-refractivity contribution is 9.09. The fraction of sp³-hybridized carbons (Fsp3) is 0.583. The zero-order valence-corrected chi connectivity index (χ0v) is 12.5. The third-order valence-corrected chi connectivity index (χ3v) is 3.58. The van der Waals surface area contributed by atoms with Gasteiger partial charge in [0.2, 0.25) is 0 Å². The molecule has 2 heterocycles. The van der Waals surface area contributed by atoms with Crippen molar-refractivity contribution < 1.29 is 14.5 Å². The number of hydrogen-bond donors (Lipinski definition) is 1. The van der Waals surface area contributed by atoms with Gasteiger partial charge < -0.3 is 19.8 Å². The molecular formula is C12H16BrN3O4. The van der Waals surface area contributed by atoms with E-state index in [4.69, 9.17) is 4.74 Å². The molecule has 0 atom stereocenters. The van der Waals surface area contributed by atoms with Gasteiger partial charge in [-0.15, -0.1) is 0 Å².